The molecule has 1 fully saturated rings. The van der Waals surface area contributed by atoms with Crippen molar-refractivity contribution in [3.05, 3.63) is 27.7 Å². The molecule has 1 aromatic rings. The number of hydrogen-bond donors (Lipinski definition) is 1. The second-order valence-corrected chi connectivity index (χ2v) is 7.96. The number of piperidine rings is 1. The van der Waals surface area contributed by atoms with Crippen molar-refractivity contribution < 1.29 is 9.90 Å². The minimum Gasteiger partial charge on any atom is -0.465 e. The maximum atomic E-state index is 11.3. The highest BCUT2D eigenvalue weighted by atomic mass is 79.9. The van der Waals surface area contributed by atoms with Crippen LogP contribution in [0, 0.1) is 0 Å². The lowest BCUT2D eigenvalue weighted by Crippen LogP contribution is -2.48. The molecule has 112 valence electrons. The number of amides is 1. The van der Waals surface area contributed by atoms with E-state index >= 15 is 0 Å². The number of anilines is 1. The Kier molecular flexibility index (Phi) is 3.34. The largest absolute Gasteiger partial charge is 0.465 e. The fourth-order valence-corrected chi connectivity index (χ4v) is 5.44. The Morgan fingerprint density at radius 1 is 1.38 bits per heavy atom. The van der Waals surface area contributed by atoms with E-state index in [4.69, 9.17) is 0 Å². The van der Waals surface area contributed by atoms with Crippen LogP contribution in [0.3, 0.4) is 0 Å². The van der Waals surface area contributed by atoms with Gasteiger partial charge in [-0.25, -0.2) is 4.79 Å². The van der Waals surface area contributed by atoms with Crippen LogP contribution in [-0.2, 0) is 5.75 Å². The predicted molar refractivity (Wildman–Crippen MR) is 88.4 cm³/mol. The minimum atomic E-state index is -0.786. The third-order valence-corrected chi connectivity index (χ3v) is 6.30. The van der Waals surface area contributed by atoms with Crippen molar-refractivity contribution in [2.24, 2.45) is 0 Å². The molecule has 1 saturated heterocycles. The number of fused-ring (bicyclic) bond motifs is 3. The van der Waals surface area contributed by atoms with E-state index in [9.17, 15) is 9.90 Å². The standard InChI is InChI=1S/C15H17BrN2O2S/c16-10-5-9-8-21-4-3-18-13-1-2-17(15(19)20)7-12(13)11(6-10)14(9)18/h5-6,12-13H,1-4,7-8H2,(H,19,20)/t12-,13-/m0/s1. The van der Waals surface area contributed by atoms with Gasteiger partial charge in [0.2, 0.25) is 0 Å². The lowest BCUT2D eigenvalue weighted by molar-refractivity contribution is 0.127. The number of carboxylic acid groups (broad SMARTS) is 1. The molecule has 0 bridgehead atoms. The molecule has 1 amide bonds. The van der Waals surface area contributed by atoms with E-state index in [2.05, 4.69) is 33.0 Å². The summed E-state index contributed by atoms with van der Waals surface area (Å²) in [5, 5.41) is 9.30. The predicted octanol–water partition coefficient (Wildman–Crippen LogP) is 3.35. The Balaban J connectivity index is 1.80. The number of likely N-dealkylation sites (tertiary alicyclic amines) is 1. The molecule has 0 unspecified atom stereocenters. The van der Waals surface area contributed by atoms with Gasteiger partial charge in [-0.15, -0.1) is 0 Å². The van der Waals surface area contributed by atoms with Crippen LogP contribution in [0.2, 0.25) is 0 Å². The lowest BCUT2D eigenvalue weighted by Gasteiger charge is -2.37. The summed E-state index contributed by atoms with van der Waals surface area (Å²) < 4.78 is 1.12. The average molecular weight is 369 g/mol. The number of halogens is 1. The van der Waals surface area contributed by atoms with E-state index in [1.54, 1.807) is 4.90 Å². The van der Waals surface area contributed by atoms with Crippen molar-refractivity contribution in [1.82, 2.24) is 4.90 Å². The number of thioether (sulfide) groups is 1. The Labute approximate surface area is 136 Å². The van der Waals surface area contributed by atoms with Gasteiger partial charge in [0.15, 0.2) is 0 Å². The van der Waals surface area contributed by atoms with Crippen molar-refractivity contribution in [1.29, 1.82) is 0 Å². The monoisotopic (exact) mass is 368 g/mol. The smallest absolute Gasteiger partial charge is 0.407 e. The highest BCUT2D eigenvalue weighted by Gasteiger charge is 2.44. The van der Waals surface area contributed by atoms with Gasteiger partial charge in [-0.1, -0.05) is 15.9 Å². The lowest BCUT2D eigenvalue weighted by atomic mass is 9.89. The zero-order valence-corrected chi connectivity index (χ0v) is 14.0. The van der Waals surface area contributed by atoms with Gasteiger partial charge in [0.1, 0.15) is 0 Å². The zero-order chi connectivity index (χ0) is 14.6. The molecule has 21 heavy (non-hydrogen) atoms. The SMILES string of the molecule is O=C(O)N1CC[C@H]2[C@@H](C1)c1cc(Br)cc3c1N2CCSC3. The van der Waals surface area contributed by atoms with E-state index in [0.717, 1.165) is 28.9 Å². The number of hydrogen-bond acceptors (Lipinski definition) is 3. The summed E-state index contributed by atoms with van der Waals surface area (Å²) in [5.74, 6) is 2.53. The second kappa shape index (κ2) is 5.09. The molecule has 6 heteroatoms. The molecule has 0 spiro atoms. The van der Waals surface area contributed by atoms with Crippen molar-refractivity contribution in [3.63, 3.8) is 0 Å². The van der Waals surface area contributed by atoms with E-state index in [1.165, 1.54) is 16.8 Å². The molecule has 4 rings (SSSR count). The Hall–Kier alpha value is -0.880. The average Bonchev–Trinajstić information content (AvgIpc) is 2.62. The molecule has 2 atom stereocenters. The molecule has 0 radical (unpaired) electrons. The molecule has 0 aliphatic carbocycles. The van der Waals surface area contributed by atoms with Crippen LogP contribution in [0.15, 0.2) is 16.6 Å². The molecule has 0 aromatic heterocycles. The zero-order valence-electron chi connectivity index (χ0n) is 11.6. The van der Waals surface area contributed by atoms with E-state index in [0.29, 0.717) is 25.0 Å². The first-order valence-corrected chi connectivity index (χ1v) is 9.24. The van der Waals surface area contributed by atoms with Gasteiger partial charge in [0.05, 0.1) is 0 Å². The fraction of sp³-hybridized carbons (Fsp3) is 0.533. The molecule has 1 aromatic carbocycles. The van der Waals surface area contributed by atoms with Crippen molar-refractivity contribution in [2.75, 3.05) is 30.3 Å². The van der Waals surface area contributed by atoms with Gasteiger partial charge in [0.25, 0.3) is 0 Å². The Morgan fingerprint density at radius 3 is 3.05 bits per heavy atom. The Morgan fingerprint density at radius 2 is 2.24 bits per heavy atom. The first-order valence-electron chi connectivity index (χ1n) is 7.29. The highest BCUT2D eigenvalue weighted by molar-refractivity contribution is 9.10. The third kappa shape index (κ3) is 2.14. The van der Waals surface area contributed by atoms with Gasteiger partial charge < -0.3 is 14.9 Å². The van der Waals surface area contributed by atoms with Crippen LogP contribution >= 0.6 is 27.7 Å². The van der Waals surface area contributed by atoms with Crippen LogP contribution in [0.1, 0.15) is 23.5 Å². The van der Waals surface area contributed by atoms with Crippen LogP contribution < -0.4 is 4.90 Å². The maximum Gasteiger partial charge on any atom is 0.407 e. The summed E-state index contributed by atoms with van der Waals surface area (Å²) >= 11 is 5.62. The quantitative estimate of drug-likeness (QED) is 0.762. The number of rotatable bonds is 0. The third-order valence-electron chi connectivity index (χ3n) is 4.85. The summed E-state index contributed by atoms with van der Waals surface area (Å²) in [6.45, 7) is 2.37. The molecule has 1 N–H and O–H groups in total. The number of benzene rings is 1. The highest BCUT2D eigenvalue weighted by Crippen LogP contribution is 2.49. The van der Waals surface area contributed by atoms with E-state index in [1.807, 2.05) is 11.8 Å². The fourth-order valence-electron chi connectivity index (χ4n) is 4.00. The minimum absolute atomic E-state index is 0.323. The van der Waals surface area contributed by atoms with Gasteiger partial charge in [-0.2, -0.15) is 11.8 Å². The number of nitrogens with zero attached hydrogens (tertiary/aromatic N) is 2. The summed E-state index contributed by atoms with van der Waals surface area (Å²) in [7, 11) is 0. The molecular formula is C15H17BrN2O2S. The maximum absolute atomic E-state index is 11.3. The first kappa shape index (κ1) is 13.8. The molecule has 3 aliphatic heterocycles. The van der Waals surface area contributed by atoms with Crippen molar-refractivity contribution in [3.8, 4) is 0 Å². The van der Waals surface area contributed by atoms with Crippen molar-refractivity contribution >= 4 is 39.5 Å². The van der Waals surface area contributed by atoms with Gasteiger partial charge >= 0.3 is 6.09 Å². The molecule has 4 nitrogen and oxygen atoms in total. The van der Waals surface area contributed by atoms with Gasteiger partial charge in [-0.05, 0) is 29.7 Å². The van der Waals surface area contributed by atoms with E-state index in [-0.39, 0.29) is 0 Å². The van der Waals surface area contributed by atoms with Gasteiger partial charge in [-0.3, -0.25) is 0 Å². The summed E-state index contributed by atoms with van der Waals surface area (Å²) in [6, 6.07) is 4.91. The van der Waals surface area contributed by atoms with Crippen molar-refractivity contribution in [2.45, 2.75) is 24.1 Å². The summed E-state index contributed by atoms with van der Waals surface area (Å²) in [4.78, 5) is 15.4. The molecular weight excluding hydrogens is 352 g/mol. The van der Waals surface area contributed by atoms with Crippen LogP contribution in [0.5, 0.6) is 0 Å². The summed E-state index contributed by atoms with van der Waals surface area (Å²) in [5.41, 5.74) is 4.14. The topological polar surface area (TPSA) is 43.8 Å². The normalized spacial score (nSPS) is 27.1. The van der Waals surface area contributed by atoms with E-state index < -0.39 is 6.09 Å². The summed E-state index contributed by atoms with van der Waals surface area (Å²) in [6.07, 6.45) is 0.152. The Bertz CT molecular complexity index is 610. The van der Waals surface area contributed by atoms with Crippen LogP contribution in [0.25, 0.3) is 0 Å². The number of carbonyl (C=O) groups is 1. The van der Waals surface area contributed by atoms with Gasteiger partial charge in [0, 0.05) is 53.3 Å². The van der Waals surface area contributed by atoms with Crippen LogP contribution in [0.4, 0.5) is 10.5 Å². The molecule has 3 heterocycles. The van der Waals surface area contributed by atoms with Crippen LogP contribution in [-0.4, -0.2) is 47.5 Å². The first-order chi connectivity index (χ1) is 10.1. The molecule has 0 saturated carbocycles. The second-order valence-electron chi connectivity index (χ2n) is 5.94. The molecule has 3 aliphatic rings.